The minimum atomic E-state index is -0.513. The molecule has 0 bridgehead atoms. The van der Waals surface area contributed by atoms with Gasteiger partial charge in [0.25, 0.3) is 5.56 Å². The van der Waals surface area contributed by atoms with Gasteiger partial charge >= 0.3 is 0 Å². The molecule has 0 spiro atoms. The van der Waals surface area contributed by atoms with Crippen molar-refractivity contribution < 1.29 is 19.0 Å². The van der Waals surface area contributed by atoms with Crippen LogP contribution in [0.1, 0.15) is 30.4 Å². The van der Waals surface area contributed by atoms with Crippen LogP contribution in [0.25, 0.3) is 0 Å². The molecule has 1 unspecified atom stereocenters. The number of benzene rings is 1. The molecule has 2 aromatic rings. The second kappa shape index (κ2) is 7.91. The predicted molar refractivity (Wildman–Crippen MR) is 102 cm³/mol. The van der Waals surface area contributed by atoms with Crippen molar-refractivity contribution in [2.24, 2.45) is 0 Å². The number of aromatic nitrogens is 2. The lowest BCUT2D eigenvalue weighted by Crippen LogP contribution is -2.31. The van der Waals surface area contributed by atoms with Crippen LogP contribution in [0.5, 0.6) is 17.2 Å². The first-order valence-corrected chi connectivity index (χ1v) is 9.37. The van der Waals surface area contributed by atoms with Crippen LogP contribution >= 0.6 is 11.8 Å². The molecule has 1 atom stereocenters. The highest BCUT2D eigenvalue weighted by atomic mass is 32.2. The van der Waals surface area contributed by atoms with E-state index in [-0.39, 0.29) is 23.7 Å². The zero-order valence-corrected chi connectivity index (χ0v) is 16.4. The number of methoxy groups -OCH3 is 3. The Kier molecular flexibility index (Phi) is 5.59. The van der Waals surface area contributed by atoms with E-state index in [2.05, 4.69) is 15.3 Å². The number of amides is 1. The summed E-state index contributed by atoms with van der Waals surface area (Å²) in [7, 11) is 4.58. The largest absolute Gasteiger partial charge is 0.496 e. The van der Waals surface area contributed by atoms with E-state index < -0.39 is 5.92 Å². The molecule has 0 aliphatic carbocycles. The summed E-state index contributed by atoms with van der Waals surface area (Å²) in [5, 5.41) is 3.18. The van der Waals surface area contributed by atoms with Gasteiger partial charge < -0.3 is 24.5 Å². The SMILES string of the molecule is CCSc1nc2c(c(=O)[nH]1)C(c1cc(OC)c(OC)cc1OC)CC(=O)N2. The maximum atomic E-state index is 12.8. The van der Waals surface area contributed by atoms with Gasteiger partial charge in [0, 0.05) is 24.0 Å². The minimum Gasteiger partial charge on any atom is -0.496 e. The number of rotatable bonds is 6. The highest BCUT2D eigenvalue weighted by molar-refractivity contribution is 7.99. The molecular formula is C18H21N3O5S. The molecule has 3 rings (SSSR count). The maximum Gasteiger partial charge on any atom is 0.257 e. The minimum absolute atomic E-state index is 0.101. The number of aromatic amines is 1. The smallest absolute Gasteiger partial charge is 0.257 e. The molecule has 8 nitrogen and oxygen atoms in total. The van der Waals surface area contributed by atoms with Crippen LogP contribution in [-0.4, -0.2) is 43.0 Å². The number of hydrogen-bond acceptors (Lipinski definition) is 7. The summed E-state index contributed by atoms with van der Waals surface area (Å²) in [6.07, 6.45) is 0.101. The maximum absolute atomic E-state index is 12.8. The summed E-state index contributed by atoms with van der Waals surface area (Å²) >= 11 is 1.40. The van der Waals surface area contributed by atoms with Gasteiger partial charge in [-0.2, -0.15) is 0 Å². The van der Waals surface area contributed by atoms with Gasteiger partial charge in [0.1, 0.15) is 11.6 Å². The van der Waals surface area contributed by atoms with E-state index in [4.69, 9.17) is 14.2 Å². The molecule has 0 radical (unpaired) electrons. The summed E-state index contributed by atoms with van der Waals surface area (Å²) in [4.78, 5) is 32.3. The molecule has 9 heteroatoms. The van der Waals surface area contributed by atoms with E-state index in [0.29, 0.717) is 33.5 Å². The van der Waals surface area contributed by atoms with Crippen molar-refractivity contribution in [3.05, 3.63) is 33.6 Å². The summed E-state index contributed by atoms with van der Waals surface area (Å²) in [6, 6.07) is 3.42. The first-order valence-electron chi connectivity index (χ1n) is 8.39. The van der Waals surface area contributed by atoms with Crippen molar-refractivity contribution in [1.82, 2.24) is 9.97 Å². The average molecular weight is 391 g/mol. The topological polar surface area (TPSA) is 103 Å². The molecule has 27 heavy (non-hydrogen) atoms. The van der Waals surface area contributed by atoms with E-state index >= 15 is 0 Å². The fraction of sp³-hybridized carbons (Fsp3) is 0.389. The fourth-order valence-corrected chi connectivity index (χ4v) is 3.74. The Bertz CT molecular complexity index is 928. The Balaban J connectivity index is 2.19. The number of ether oxygens (including phenoxy) is 3. The molecule has 0 saturated heterocycles. The van der Waals surface area contributed by atoms with Crippen molar-refractivity contribution in [3.63, 3.8) is 0 Å². The van der Waals surface area contributed by atoms with E-state index in [1.807, 2.05) is 6.92 Å². The molecule has 1 aromatic carbocycles. The van der Waals surface area contributed by atoms with Gasteiger partial charge in [-0.15, -0.1) is 0 Å². The van der Waals surface area contributed by atoms with Crippen molar-refractivity contribution in [3.8, 4) is 17.2 Å². The van der Waals surface area contributed by atoms with Crippen LogP contribution in [-0.2, 0) is 4.79 Å². The summed E-state index contributed by atoms with van der Waals surface area (Å²) in [6.45, 7) is 1.96. The van der Waals surface area contributed by atoms with Gasteiger partial charge in [0.2, 0.25) is 5.91 Å². The number of thioether (sulfide) groups is 1. The van der Waals surface area contributed by atoms with Gasteiger partial charge in [0.15, 0.2) is 16.7 Å². The third-order valence-corrected chi connectivity index (χ3v) is 5.08. The monoisotopic (exact) mass is 391 g/mol. The molecule has 1 aliphatic rings. The Hall–Kier alpha value is -2.68. The molecule has 1 aliphatic heterocycles. The number of carbonyl (C=O) groups excluding carboxylic acids is 1. The number of carbonyl (C=O) groups is 1. The lowest BCUT2D eigenvalue weighted by molar-refractivity contribution is -0.116. The fourth-order valence-electron chi connectivity index (χ4n) is 3.15. The van der Waals surface area contributed by atoms with Gasteiger partial charge in [-0.25, -0.2) is 4.98 Å². The van der Waals surface area contributed by atoms with Crippen LogP contribution in [0.2, 0.25) is 0 Å². The lowest BCUT2D eigenvalue weighted by Gasteiger charge is -2.26. The van der Waals surface area contributed by atoms with Crippen LogP contribution < -0.4 is 25.1 Å². The summed E-state index contributed by atoms with van der Waals surface area (Å²) in [5.74, 6) is 1.80. The third-order valence-electron chi connectivity index (χ3n) is 4.32. The van der Waals surface area contributed by atoms with Crippen molar-refractivity contribution in [1.29, 1.82) is 0 Å². The molecular weight excluding hydrogens is 370 g/mol. The molecule has 1 amide bonds. The van der Waals surface area contributed by atoms with Crippen LogP contribution in [0, 0.1) is 0 Å². The Morgan fingerprint density at radius 1 is 1.11 bits per heavy atom. The second-order valence-corrected chi connectivity index (χ2v) is 7.07. The highest BCUT2D eigenvalue weighted by Crippen LogP contribution is 2.43. The summed E-state index contributed by atoms with van der Waals surface area (Å²) in [5.41, 5.74) is 0.785. The van der Waals surface area contributed by atoms with Gasteiger partial charge in [-0.3, -0.25) is 9.59 Å². The standard InChI is InChI=1S/C18H21N3O5S/c1-5-27-18-20-16-15(17(23)21-18)10(7-14(22)19-16)9-6-12(25-3)13(26-4)8-11(9)24-2/h6,8,10H,5,7H2,1-4H3,(H2,19,20,21,22,23). The number of hydrogen-bond donors (Lipinski definition) is 2. The Morgan fingerprint density at radius 3 is 2.41 bits per heavy atom. The van der Waals surface area contributed by atoms with E-state index in [1.54, 1.807) is 12.1 Å². The van der Waals surface area contributed by atoms with E-state index in [9.17, 15) is 9.59 Å². The van der Waals surface area contributed by atoms with Crippen molar-refractivity contribution in [2.75, 3.05) is 32.4 Å². The second-order valence-electron chi connectivity index (χ2n) is 5.82. The average Bonchev–Trinajstić information content (AvgIpc) is 2.66. The number of anilines is 1. The van der Waals surface area contributed by atoms with Crippen molar-refractivity contribution >= 4 is 23.5 Å². The van der Waals surface area contributed by atoms with E-state index in [0.717, 1.165) is 5.75 Å². The predicted octanol–water partition coefficient (Wildman–Crippen LogP) is 2.38. The molecule has 0 fully saturated rings. The zero-order chi connectivity index (χ0) is 19.6. The molecule has 2 heterocycles. The quantitative estimate of drug-likeness (QED) is 0.576. The third kappa shape index (κ3) is 3.59. The number of fused-ring (bicyclic) bond motifs is 1. The van der Waals surface area contributed by atoms with Crippen molar-refractivity contribution in [2.45, 2.75) is 24.4 Å². The molecule has 1 aromatic heterocycles. The normalized spacial score (nSPS) is 15.7. The summed E-state index contributed by atoms with van der Waals surface area (Å²) < 4.78 is 16.2. The molecule has 2 N–H and O–H groups in total. The first-order chi connectivity index (χ1) is 13.0. The van der Waals surface area contributed by atoms with Crippen LogP contribution in [0.15, 0.2) is 22.1 Å². The number of nitrogens with zero attached hydrogens (tertiary/aromatic N) is 1. The zero-order valence-electron chi connectivity index (χ0n) is 15.5. The molecule has 144 valence electrons. The van der Waals surface area contributed by atoms with Gasteiger partial charge in [-0.1, -0.05) is 18.7 Å². The van der Waals surface area contributed by atoms with Gasteiger partial charge in [0.05, 0.1) is 26.9 Å². The van der Waals surface area contributed by atoms with Crippen LogP contribution in [0.3, 0.4) is 0 Å². The number of H-pyrrole nitrogens is 1. The van der Waals surface area contributed by atoms with E-state index in [1.165, 1.54) is 33.1 Å². The van der Waals surface area contributed by atoms with Crippen LogP contribution in [0.4, 0.5) is 5.82 Å². The highest BCUT2D eigenvalue weighted by Gasteiger charge is 2.33. The van der Waals surface area contributed by atoms with Gasteiger partial charge in [-0.05, 0) is 11.8 Å². The Labute approximate surface area is 160 Å². The first kappa shape index (κ1) is 19.1. The number of nitrogens with one attached hydrogen (secondary N) is 2. The molecule has 0 saturated carbocycles. The Morgan fingerprint density at radius 2 is 1.78 bits per heavy atom. The lowest BCUT2D eigenvalue weighted by atomic mass is 9.86.